The summed E-state index contributed by atoms with van der Waals surface area (Å²) in [5.41, 5.74) is -0.123. The quantitative estimate of drug-likeness (QED) is 0.714. The van der Waals surface area contributed by atoms with E-state index in [0.717, 1.165) is 50.3 Å². The van der Waals surface area contributed by atoms with Gasteiger partial charge in [0.05, 0.1) is 5.56 Å². The smallest absolute Gasteiger partial charge is 0.338 e. The summed E-state index contributed by atoms with van der Waals surface area (Å²) in [4.78, 5) is 12.3. The van der Waals surface area contributed by atoms with Crippen molar-refractivity contribution >= 4 is 5.97 Å². The van der Waals surface area contributed by atoms with E-state index in [0.29, 0.717) is 5.41 Å². The van der Waals surface area contributed by atoms with Gasteiger partial charge in [0.2, 0.25) is 0 Å². The Labute approximate surface area is 129 Å². The SMILES string of the molecule is CCCCC12CCC(OC(=O)c3cc(F)cc(F)c3)(CC1)C2. The van der Waals surface area contributed by atoms with Gasteiger partial charge >= 0.3 is 5.97 Å². The average molecular weight is 308 g/mol. The minimum atomic E-state index is -0.750. The molecule has 4 heteroatoms. The third-order valence-corrected chi connectivity index (χ3v) is 5.39. The maximum Gasteiger partial charge on any atom is 0.338 e. The zero-order chi connectivity index (χ0) is 15.8. The lowest BCUT2D eigenvalue weighted by atomic mass is 9.80. The van der Waals surface area contributed by atoms with E-state index in [9.17, 15) is 13.6 Å². The monoisotopic (exact) mass is 308 g/mol. The normalized spacial score (nSPS) is 29.8. The van der Waals surface area contributed by atoms with Gasteiger partial charge in [-0.25, -0.2) is 13.6 Å². The summed E-state index contributed by atoms with van der Waals surface area (Å²) in [6.45, 7) is 2.19. The molecule has 2 saturated carbocycles. The van der Waals surface area contributed by atoms with Crippen LogP contribution >= 0.6 is 0 Å². The lowest BCUT2D eigenvalue weighted by Gasteiger charge is -2.27. The van der Waals surface area contributed by atoms with Gasteiger partial charge in [0, 0.05) is 6.07 Å². The number of rotatable bonds is 5. The van der Waals surface area contributed by atoms with Crippen LogP contribution < -0.4 is 0 Å². The number of benzene rings is 1. The molecule has 22 heavy (non-hydrogen) atoms. The number of esters is 1. The second-order valence-corrected chi connectivity index (χ2v) is 7.01. The van der Waals surface area contributed by atoms with E-state index in [1.54, 1.807) is 0 Å². The number of hydrogen-bond acceptors (Lipinski definition) is 2. The highest BCUT2D eigenvalue weighted by atomic mass is 19.1. The average Bonchev–Trinajstić information content (AvgIpc) is 3.00. The van der Waals surface area contributed by atoms with Crippen molar-refractivity contribution in [3.63, 3.8) is 0 Å². The lowest BCUT2D eigenvalue weighted by molar-refractivity contribution is -0.0133. The molecule has 0 amide bonds. The van der Waals surface area contributed by atoms with Crippen LogP contribution in [0.5, 0.6) is 0 Å². The Balaban J connectivity index is 1.70. The predicted molar refractivity (Wildman–Crippen MR) is 79.5 cm³/mol. The van der Waals surface area contributed by atoms with Crippen LogP contribution in [0.3, 0.4) is 0 Å². The van der Waals surface area contributed by atoms with Gasteiger partial charge in [-0.05, 0) is 56.1 Å². The van der Waals surface area contributed by atoms with Crippen molar-refractivity contribution in [2.24, 2.45) is 5.41 Å². The number of carbonyl (C=O) groups excluding carboxylic acids is 1. The van der Waals surface area contributed by atoms with Gasteiger partial charge in [0.15, 0.2) is 0 Å². The molecule has 1 aromatic rings. The van der Waals surface area contributed by atoms with Crippen LogP contribution in [0, 0.1) is 17.0 Å². The standard InChI is InChI=1S/C18H22F2O2/c1-2-3-4-17-5-7-18(12-17,8-6-17)22-16(21)13-9-14(19)11-15(20)10-13/h9-11H,2-8,12H2,1H3. The molecule has 0 spiro atoms. The predicted octanol–water partition coefficient (Wildman–Crippen LogP) is 5.01. The molecule has 0 radical (unpaired) electrons. The van der Waals surface area contributed by atoms with Gasteiger partial charge < -0.3 is 4.74 Å². The maximum atomic E-state index is 13.2. The second kappa shape index (κ2) is 5.64. The van der Waals surface area contributed by atoms with Crippen LogP contribution in [-0.4, -0.2) is 11.6 Å². The second-order valence-electron chi connectivity index (χ2n) is 7.01. The van der Waals surface area contributed by atoms with E-state index < -0.39 is 23.2 Å². The first-order chi connectivity index (χ1) is 10.5. The molecule has 1 aromatic carbocycles. The minimum Gasteiger partial charge on any atom is -0.455 e. The number of halogens is 2. The van der Waals surface area contributed by atoms with Crippen LogP contribution in [0.2, 0.25) is 0 Å². The van der Waals surface area contributed by atoms with E-state index in [2.05, 4.69) is 6.92 Å². The minimum absolute atomic E-state index is 0.0372. The van der Waals surface area contributed by atoms with E-state index >= 15 is 0 Å². The number of hydrogen-bond donors (Lipinski definition) is 0. The Morgan fingerprint density at radius 1 is 1.14 bits per heavy atom. The first kappa shape index (κ1) is 15.4. The van der Waals surface area contributed by atoms with Crippen LogP contribution in [0.15, 0.2) is 18.2 Å². The Hall–Kier alpha value is -1.45. The van der Waals surface area contributed by atoms with Crippen molar-refractivity contribution in [1.82, 2.24) is 0 Å². The van der Waals surface area contributed by atoms with Gasteiger partial charge in [-0.15, -0.1) is 0 Å². The first-order valence-electron chi connectivity index (χ1n) is 8.15. The number of fused-ring (bicyclic) bond motifs is 2. The Morgan fingerprint density at radius 3 is 2.36 bits per heavy atom. The molecular formula is C18H22F2O2. The molecule has 0 aromatic heterocycles. The highest BCUT2D eigenvalue weighted by Gasteiger charge is 2.56. The zero-order valence-corrected chi connectivity index (χ0v) is 13.0. The van der Waals surface area contributed by atoms with Gasteiger partial charge in [-0.1, -0.05) is 19.8 Å². The summed E-state index contributed by atoms with van der Waals surface area (Å²) in [6.07, 6.45) is 8.42. The van der Waals surface area contributed by atoms with Crippen molar-refractivity contribution < 1.29 is 18.3 Å². The summed E-state index contributed by atoms with van der Waals surface area (Å²) in [6, 6.07) is 2.84. The Morgan fingerprint density at radius 2 is 1.77 bits per heavy atom. The topological polar surface area (TPSA) is 26.3 Å². The summed E-state index contributed by atoms with van der Waals surface area (Å²) < 4.78 is 32.2. The molecule has 3 rings (SSSR count). The molecule has 0 unspecified atom stereocenters. The molecule has 2 bridgehead atoms. The van der Waals surface area contributed by atoms with Crippen LogP contribution in [0.1, 0.15) is 68.6 Å². The molecule has 2 aliphatic carbocycles. The van der Waals surface area contributed by atoms with Crippen LogP contribution in [-0.2, 0) is 4.74 Å². The highest BCUT2D eigenvalue weighted by Crippen LogP contribution is 2.60. The Kier molecular flexibility index (Phi) is 3.96. The summed E-state index contributed by atoms with van der Waals surface area (Å²) in [5, 5.41) is 0. The van der Waals surface area contributed by atoms with Gasteiger partial charge in [-0.3, -0.25) is 0 Å². The largest absolute Gasteiger partial charge is 0.455 e. The van der Waals surface area contributed by atoms with Crippen molar-refractivity contribution in [2.75, 3.05) is 0 Å². The molecule has 2 fully saturated rings. The molecule has 0 N–H and O–H groups in total. The summed E-state index contributed by atoms with van der Waals surface area (Å²) in [7, 11) is 0. The number of carbonyl (C=O) groups is 1. The van der Waals surface area contributed by atoms with E-state index in [1.807, 2.05) is 0 Å². The molecule has 2 aliphatic rings. The highest BCUT2D eigenvalue weighted by molar-refractivity contribution is 5.89. The molecule has 0 saturated heterocycles. The fourth-order valence-electron chi connectivity index (χ4n) is 4.23. The zero-order valence-electron chi connectivity index (χ0n) is 13.0. The molecule has 2 nitrogen and oxygen atoms in total. The van der Waals surface area contributed by atoms with Crippen LogP contribution in [0.25, 0.3) is 0 Å². The Bertz CT molecular complexity index is 554. The third-order valence-electron chi connectivity index (χ3n) is 5.39. The fourth-order valence-corrected chi connectivity index (χ4v) is 4.23. The van der Waals surface area contributed by atoms with Gasteiger partial charge in [-0.2, -0.15) is 0 Å². The lowest BCUT2D eigenvalue weighted by Crippen LogP contribution is -2.30. The van der Waals surface area contributed by atoms with E-state index in [1.165, 1.54) is 19.3 Å². The van der Waals surface area contributed by atoms with Crippen molar-refractivity contribution in [2.45, 2.75) is 63.9 Å². The van der Waals surface area contributed by atoms with E-state index in [-0.39, 0.29) is 5.56 Å². The number of ether oxygens (including phenoxy) is 1. The molecular weight excluding hydrogens is 286 g/mol. The number of unbranched alkanes of at least 4 members (excludes halogenated alkanes) is 1. The van der Waals surface area contributed by atoms with Crippen LogP contribution in [0.4, 0.5) is 8.78 Å². The first-order valence-corrected chi connectivity index (χ1v) is 8.15. The van der Waals surface area contributed by atoms with Gasteiger partial charge in [0.25, 0.3) is 0 Å². The summed E-state index contributed by atoms with van der Waals surface area (Å²) in [5.74, 6) is -2.11. The van der Waals surface area contributed by atoms with Crippen molar-refractivity contribution in [3.05, 3.63) is 35.4 Å². The molecule has 0 aliphatic heterocycles. The molecule has 0 atom stereocenters. The maximum absolute atomic E-state index is 13.2. The third kappa shape index (κ3) is 2.88. The van der Waals surface area contributed by atoms with E-state index in [4.69, 9.17) is 4.74 Å². The van der Waals surface area contributed by atoms with Crippen molar-refractivity contribution in [1.29, 1.82) is 0 Å². The van der Waals surface area contributed by atoms with Gasteiger partial charge in [0.1, 0.15) is 17.2 Å². The molecule has 0 heterocycles. The van der Waals surface area contributed by atoms with Crippen molar-refractivity contribution in [3.8, 4) is 0 Å². The fraction of sp³-hybridized carbons (Fsp3) is 0.611. The molecule has 120 valence electrons. The summed E-state index contributed by atoms with van der Waals surface area (Å²) >= 11 is 0.